The van der Waals surface area contributed by atoms with Gasteiger partial charge in [-0.15, -0.1) is 22.9 Å². The summed E-state index contributed by atoms with van der Waals surface area (Å²) < 4.78 is 0. The van der Waals surface area contributed by atoms with Gasteiger partial charge in [-0.25, -0.2) is 0 Å². The molecule has 96 valence electrons. The summed E-state index contributed by atoms with van der Waals surface area (Å²) in [6.45, 7) is 0.963. The van der Waals surface area contributed by atoms with E-state index in [1.807, 2.05) is 12.1 Å². The topological polar surface area (TPSA) is 3.24 Å². The molecule has 0 saturated carbocycles. The zero-order valence-corrected chi connectivity index (χ0v) is 12.5. The minimum absolute atomic E-state index is 0.443. The van der Waals surface area contributed by atoms with Gasteiger partial charge in [0.2, 0.25) is 0 Å². The van der Waals surface area contributed by atoms with Crippen molar-refractivity contribution in [3.05, 3.63) is 51.2 Å². The molecule has 0 aliphatic carbocycles. The predicted molar refractivity (Wildman–Crippen MR) is 82.3 cm³/mol. The Hall–Kier alpha value is -0.700. The molecule has 1 nitrogen and oxygen atoms in total. The van der Waals surface area contributed by atoms with Crippen LogP contribution in [0.1, 0.15) is 10.4 Å². The third-order valence-electron chi connectivity index (χ3n) is 2.91. The van der Waals surface area contributed by atoms with Crippen LogP contribution >= 0.6 is 34.5 Å². The zero-order valence-electron chi connectivity index (χ0n) is 10.2. The van der Waals surface area contributed by atoms with Gasteiger partial charge in [0, 0.05) is 34.7 Å². The first-order valence-electron chi connectivity index (χ1n) is 5.79. The van der Waals surface area contributed by atoms with Gasteiger partial charge in [0.15, 0.2) is 0 Å². The maximum Gasteiger partial charge on any atom is 0.0509 e. The summed E-state index contributed by atoms with van der Waals surface area (Å²) in [6.07, 6.45) is 1.04. The SMILES string of the molecule is CN(CCc1cccs1)c1cccc(Cl)c1CCl. The average molecular weight is 300 g/mol. The van der Waals surface area contributed by atoms with Crippen molar-refractivity contribution >= 4 is 40.2 Å². The molecular weight excluding hydrogens is 285 g/mol. The van der Waals surface area contributed by atoms with Crippen LogP contribution in [0.25, 0.3) is 0 Å². The Bertz CT molecular complexity index is 497. The number of hydrogen-bond donors (Lipinski definition) is 0. The summed E-state index contributed by atoms with van der Waals surface area (Å²) in [5.41, 5.74) is 2.13. The van der Waals surface area contributed by atoms with Crippen molar-refractivity contribution in [1.29, 1.82) is 0 Å². The van der Waals surface area contributed by atoms with E-state index >= 15 is 0 Å². The van der Waals surface area contributed by atoms with E-state index in [2.05, 4.69) is 35.5 Å². The Morgan fingerprint density at radius 1 is 1.22 bits per heavy atom. The van der Waals surface area contributed by atoms with Crippen LogP contribution in [0.2, 0.25) is 5.02 Å². The van der Waals surface area contributed by atoms with Crippen LogP contribution in [0.15, 0.2) is 35.7 Å². The number of nitrogens with zero attached hydrogens (tertiary/aromatic N) is 1. The number of rotatable bonds is 5. The fraction of sp³-hybridized carbons (Fsp3) is 0.286. The standard InChI is InChI=1S/C14H15Cl2NS/c1-17(8-7-11-4-3-9-18-11)14-6-2-5-13(16)12(14)10-15/h2-6,9H,7-8,10H2,1H3. The maximum absolute atomic E-state index is 6.16. The molecule has 1 aromatic carbocycles. The lowest BCUT2D eigenvalue weighted by molar-refractivity contribution is 0.882. The molecule has 18 heavy (non-hydrogen) atoms. The lowest BCUT2D eigenvalue weighted by Gasteiger charge is -2.22. The largest absolute Gasteiger partial charge is 0.374 e. The third-order valence-corrected chi connectivity index (χ3v) is 4.47. The first-order valence-corrected chi connectivity index (χ1v) is 7.58. The Morgan fingerprint density at radius 3 is 2.72 bits per heavy atom. The lowest BCUT2D eigenvalue weighted by atomic mass is 10.1. The van der Waals surface area contributed by atoms with Gasteiger partial charge >= 0.3 is 0 Å². The van der Waals surface area contributed by atoms with E-state index in [0.29, 0.717) is 5.88 Å². The second kappa shape index (κ2) is 6.46. The van der Waals surface area contributed by atoms with Gasteiger partial charge in [-0.05, 0) is 30.0 Å². The highest BCUT2D eigenvalue weighted by Crippen LogP contribution is 2.28. The molecule has 0 spiro atoms. The van der Waals surface area contributed by atoms with Crippen LogP contribution in [0.3, 0.4) is 0 Å². The van der Waals surface area contributed by atoms with Crippen molar-refractivity contribution in [2.45, 2.75) is 12.3 Å². The van der Waals surface area contributed by atoms with E-state index in [1.165, 1.54) is 4.88 Å². The molecule has 1 heterocycles. The summed E-state index contributed by atoms with van der Waals surface area (Å²) >= 11 is 13.9. The van der Waals surface area contributed by atoms with Gasteiger partial charge in [-0.2, -0.15) is 0 Å². The van der Waals surface area contributed by atoms with Gasteiger partial charge < -0.3 is 4.90 Å². The highest BCUT2D eigenvalue weighted by molar-refractivity contribution is 7.09. The van der Waals surface area contributed by atoms with Crippen molar-refractivity contribution in [2.24, 2.45) is 0 Å². The minimum atomic E-state index is 0.443. The second-order valence-corrected chi connectivity index (χ2v) is 5.83. The molecule has 0 unspecified atom stereocenters. The number of alkyl halides is 1. The molecule has 2 aromatic rings. The summed E-state index contributed by atoms with van der Waals surface area (Å²) in [5.74, 6) is 0.443. The average Bonchev–Trinajstić information content (AvgIpc) is 2.88. The predicted octanol–water partition coefficient (Wildman–Crippen LogP) is 4.82. The van der Waals surface area contributed by atoms with Crippen molar-refractivity contribution in [1.82, 2.24) is 0 Å². The Kier molecular flexibility index (Phi) is 4.93. The molecule has 0 fully saturated rings. The van der Waals surface area contributed by atoms with Gasteiger partial charge in [0.25, 0.3) is 0 Å². The van der Waals surface area contributed by atoms with Gasteiger partial charge in [-0.1, -0.05) is 23.7 Å². The highest BCUT2D eigenvalue weighted by Gasteiger charge is 2.10. The Balaban J connectivity index is 2.08. The minimum Gasteiger partial charge on any atom is -0.374 e. The normalized spacial score (nSPS) is 10.6. The second-order valence-electron chi connectivity index (χ2n) is 4.12. The smallest absolute Gasteiger partial charge is 0.0509 e. The number of hydrogen-bond acceptors (Lipinski definition) is 2. The molecule has 0 saturated heterocycles. The van der Waals surface area contributed by atoms with Crippen LogP contribution in [-0.2, 0) is 12.3 Å². The third kappa shape index (κ3) is 3.19. The summed E-state index contributed by atoms with van der Waals surface area (Å²) in [4.78, 5) is 3.61. The summed E-state index contributed by atoms with van der Waals surface area (Å²) in [5, 5.41) is 2.85. The Labute approximate surface area is 122 Å². The fourth-order valence-corrected chi connectivity index (χ4v) is 3.17. The fourth-order valence-electron chi connectivity index (χ4n) is 1.89. The molecule has 0 aliphatic rings. The molecule has 0 aliphatic heterocycles. The number of halogens is 2. The lowest BCUT2D eigenvalue weighted by Crippen LogP contribution is -2.21. The molecule has 4 heteroatoms. The molecular formula is C14H15Cl2NS. The number of thiophene rings is 1. The van der Waals surface area contributed by atoms with Crippen molar-refractivity contribution < 1.29 is 0 Å². The molecule has 2 rings (SSSR count). The van der Waals surface area contributed by atoms with Gasteiger partial charge in [-0.3, -0.25) is 0 Å². The van der Waals surface area contributed by atoms with Crippen LogP contribution in [0.4, 0.5) is 5.69 Å². The van der Waals surface area contributed by atoms with Crippen LogP contribution in [0.5, 0.6) is 0 Å². The zero-order chi connectivity index (χ0) is 13.0. The van der Waals surface area contributed by atoms with Crippen molar-refractivity contribution in [3.63, 3.8) is 0 Å². The molecule has 0 amide bonds. The Morgan fingerprint density at radius 2 is 2.06 bits per heavy atom. The van der Waals surface area contributed by atoms with Crippen LogP contribution in [-0.4, -0.2) is 13.6 Å². The summed E-state index contributed by atoms with van der Waals surface area (Å²) in [6, 6.07) is 10.2. The highest BCUT2D eigenvalue weighted by atomic mass is 35.5. The van der Waals surface area contributed by atoms with Gasteiger partial charge in [0.1, 0.15) is 0 Å². The van der Waals surface area contributed by atoms with E-state index < -0.39 is 0 Å². The maximum atomic E-state index is 6.16. The molecule has 0 atom stereocenters. The monoisotopic (exact) mass is 299 g/mol. The van der Waals surface area contributed by atoms with E-state index in [9.17, 15) is 0 Å². The molecule has 0 N–H and O–H groups in total. The van der Waals surface area contributed by atoms with Crippen LogP contribution in [0, 0.1) is 0 Å². The van der Waals surface area contributed by atoms with Crippen molar-refractivity contribution in [2.75, 3.05) is 18.5 Å². The first kappa shape index (κ1) is 13.7. The van der Waals surface area contributed by atoms with Crippen molar-refractivity contribution in [3.8, 4) is 0 Å². The molecule has 0 radical (unpaired) electrons. The van der Waals surface area contributed by atoms with E-state index in [1.54, 1.807) is 11.3 Å². The first-order chi connectivity index (χ1) is 8.72. The molecule has 1 aromatic heterocycles. The number of likely N-dealkylation sites (N-methyl/N-ethyl adjacent to an activating group) is 1. The molecule has 0 bridgehead atoms. The number of benzene rings is 1. The van der Waals surface area contributed by atoms with E-state index in [0.717, 1.165) is 29.2 Å². The van der Waals surface area contributed by atoms with E-state index in [4.69, 9.17) is 23.2 Å². The quantitative estimate of drug-likeness (QED) is 0.716. The summed E-state index contributed by atoms with van der Waals surface area (Å²) in [7, 11) is 2.08. The number of anilines is 1. The van der Waals surface area contributed by atoms with Crippen LogP contribution < -0.4 is 4.90 Å². The van der Waals surface area contributed by atoms with Gasteiger partial charge in [0.05, 0.1) is 5.88 Å². The van der Waals surface area contributed by atoms with E-state index in [-0.39, 0.29) is 0 Å².